The van der Waals surface area contributed by atoms with E-state index in [0.29, 0.717) is 35.2 Å². The molecule has 0 saturated heterocycles. The van der Waals surface area contributed by atoms with Crippen LogP contribution in [0.25, 0.3) is 0 Å². The molecule has 1 aromatic heterocycles. The van der Waals surface area contributed by atoms with Crippen LogP contribution in [-0.2, 0) is 17.9 Å². The standard InChI is InChI=1S/C19H26N4O4/c1-12(2)10-23-11-20-8-15(23)9-21-19(25)14-6-16(22-13(3)24)18(27-5)17(7-14)26-4/h6-8,11-12H,9-10H2,1-5H3,(H,21,25)(H,22,24). The molecule has 1 heterocycles. The van der Waals surface area contributed by atoms with Gasteiger partial charge in [-0.05, 0) is 18.1 Å². The first kappa shape index (κ1) is 20.3. The van der Waals surface area contributed by atoms with Crippen molar-refractivity contribution in [2.45, 2.75) is 33.9 Å². The van der Waals surface area contributed by atoms with Gasteiger partial charge in [0.2, 0.25) is 5.91 Å². The fraction of sp³-hybridized carbons (Fsp3) is 0.421. The summed E-state index contributed by atoms with van der Waals surface area (Å²) >= 11 is 0. The van der Waals surface area contributed by atoms with Crippen molar-refractivity contribution in [3.8, 4) is 11.5 Å². The summed E-state index contributed by atoms with van der Waals surface area (Å²) < 4.78 is 12.6. The summed E-state index contributed by atoms with van der Waals surface area (Å²) in [6.07, 6.45) is 3.49. The van der Waals surface area contributed by atoms with Crippen LogP contribution in [0.4, 0.5) is 5.69 Å². The highest BCUT2D eigenvalue weighted by Gasteiger charge is 2.17. The van der Waals surface area contributed by atoms with Crippen LogP contribution in [0.2, 0.25) is 0 Å². The molecule has 0 bridgehead atoms. The number of amides is 2. The predicted octanol–water partition coefficient (Wildman–Crippen LogP) is 2.44. The number of anilines is 1. The second kappa shape index (κ2) is 9.07. The molecule has 0 aliphatic rings. The van der Waals surface area contributed by atoms with E-state index in [4.69, 9.17) is 9.47 Å². The third kappa shape index (κ3) is 5.22. The SMILES string of the molecule is COc1cc(C(=O)NCc2cncn2CC(C)C)cc(NC(C)=O)c1OC. The lowest BCUT2D eigenvalue weighted by Gasteiger charge is -2.15. The first-order valence-corrected chi connectivity index (χ1v) is 8.66. The largest absolute Gasteiger partial charge is 0.493 e. The van der Waals surface area contributed by atoms with Crippen LogP contribution in [0, 0.1) is 5.92 Å². The van der Waals surface area contributed by atoms with Crippen LogP contribution in [0.1, 0.15) is 36.8 Å². The number of imidazole rings is 1. The minimum absolute atomic E-state index is 0.273. The molecule has 27 heavy (non-hydrogen) atoms. The third-order valence-electron chi connectivity index (χ3n) is 3.84. The molecule has 146 valence electrons. The van der Waals surface area contributed by atoms with Crippen molar-refractivity contribution >= 4 is 17.5 Å². The average molecular weight is 374 g/mol. The van der Waals surface area contributed by atoms with Crippen LogP contribution in [0.3, 0.4) is 0 Å². The molecule has 2 amide bonds. The topological polar surface area (TPSA) is 94.5 Å². The number of benzene rings is 1. The van der Waals surface area contributed by atoms with Crippen LogP contribution >= 0.6 is 0 Å². The van der Waals surface area contributed by atoms with E-state index in [1.807, 2.05) is 4.57 Å². The van der Waals surface area contributed by atoms with Gasteiger partial charge in [-0.25, -0.2) is 4.98 Å². The lowest BCUT2D eigenvalue weighted by atomic mass is 10.1. The van der Waals surface area contributed by atoms with Gasteiger partial charge in [0, 0.05) is 25.2 Å². The van der Waals surface area contributed by atoms with E-state index in [1.54, 1.807) is 24.7 Å². The molecular weight excluding hydrogens is 348 g/mol. The normalized spacial score (nSPS) is 10.6. The van der Waals surface area contributed by atoms with Gasteiger partial charge in [-0.2, -0.15) is 0 Å². The van der Waals surface area contributed by atoms with Crippen molar-refractivity contribution in [1.82, 2.24) is 14.9 Å². The fourth-order valence-corrected chi connectivity index (χ4v) is 2.70. The van der Waals surface area contributed by atoms with E-state index >= 15 is 0 Å². The number of methoxy groups -OCH3 is 2. The van der Waals surface area contributed by atoms with Crippen molar-refractivity contribution in [3.63, 3.8) is 0 Å². The van der Waals surface area contributed by atoms with Crippen LogP contribution in [0.5, 0.6) is 11.5 Å². The van der Waals surface area contributed by atoms with Crippen molar-refractivity contribution in [3.05, 3.63) is 35.9 Å². The summed E-state index contributed by atoms with van der Waals surface area (Å²) in [5, 5.41) is 5.53. The minimum Gasteiger partial charge on any atom is -0.493 e. The predicted molar refractivity (Wildman–Crippen MR) is 102 cm³/mol. The van der Waals surface area contributed by atoms with Gasteiger partial charge in [0.15, 0.2) is 11.5 Å². The number of rotatable bonds is 8. The highest BCUT2D eigenvalue weighted by molar-refractivity contribution is 5.99. The average Bonchev–Trinajstić information content (AvgIpc) is 3.04. The Balaban J connectivity index is 2.20. The quantitative estimate of drug-likeness (QED) is 0.740. The molecule has 0 fully saturated rings. The van der Waals surface area contributed by atoms with Crippen LogP contribution in [-0.4, -0.2) is 35.6 Å². The van der Waals surface area contributed by atoms with Gasteiger partial charge in [0.1, 0.15) is 0 Å². The van der Waals surface area contributed by atoms with Gasteiger partial charge >= 0.3 is 0 Å². The van der Waals surface area contributed by atoms with Crippen molar-refractivity contribution in [2.75, 3.05) is 19.5 Å². The maximum absolute atomic E-state index is 12.6. The molecular formula is C19H26N4O4. The Kier molecular flexibility index (Phi) is 6.81. The van der Waals surface area contributed by atoms with Gasteiger partial charge in [-0.3, -0.25) is 9.59 Å². The number of nitrogens with one attached hydrogen (secondary N) is 2. The van der Waals surface area contributed by atoms with Gasteiger partial charge in [0.25, 0.3) is 5.91 Å². The number of carbonyl (C=O) groups is 2. The van der Waals surface area contributed by atoms with Gasteiger partial charge in [-0.15, -0.1) is 0 Å². The molecule has 0 saturated carbocycles. The van der Waals surface area contributed by atoms with Gasteiger partial charge < -0.3 is 24.7 Å². The molecule has 0 aliphatic heterocycles. The summed E-state index contributed by atoms with van der Waals surface area (Å²) in [4.78, 5) is 28.2. The lowest BCUT2D eigenvalue weighted by molar-refractivity contribution is -0.114. The third-order valence-corrected chi connectivity index (χ3v) is 3.84. The second-order valence-corrected chi connectivity index (χ2v) is 6.55. The maximum Gasteiger partial charge on any atom is 0.251 e. The number of aromatic nitrogens is 2. The molecule has 0 radical (unpaired) electrons. The summed E-state index contributed by atoms with van der Waals surface area (Å²) in [6, 6.07) is 3.13. The maximum atomic E-state index is 12.6. The highest BCUT2D eigenvalue weighted by atomic mass is 16.5. The summed E-state index contributed by atoms with van der Waals surface area (Å²) in [6.45, 7) is 6.79. The van der Waals surface area contributed by atoms with E-state index in [2.05, 4.69) is 29.5 Å². The number of nitrogens with zero attached hydrogens (tertiary/aromatic N) is 2. The smallest absolute Gasteiger partial charge is 0.251 e. The van der Waals surface area contributed by atoms with Gasteiger partial charge in [-0.1, -0.05) is 13.8 Å². The molecule has 0 aliphatic carbocycles. The Morgan fingerprint density at radius 1 is 1.22 bits per heavy atom. The number of ether oxygens (including phenoxy) is 2. The zero-order valence-corrected chi connectivity index (χ0v) is 16.3. The lowest BCUT2D eigenvalue weighted by Crippen LogP contribution is -2.25. The molecule has 8 heteroatoms. The molecule has 2 N–H and O–H groups in total. The molecule has 1 aromatic carbocycles. The van der Waals surface area contributed by atoms with Crippen molar-refractivity contribution in [1.29, 1.82) is 0 Å². The zero-order valence-electron chi connectivity index (χ0n) is 16.3. The van der Waals surface area contributed by atoms with E-state index in [-0.39, 0.29) is 11.8 Å². The van der Waals surface area contributed by atoms with E-state index in [1.165, 1.54) is 21.1 Å². The Bertz CT molecular complexity index is 814. The van der Waals surface area contributed by atoms with Crippen molar-refractivity contribution < 1.29 is 19.1 Å². The van der Waals surface area contributed by atoms with E-state index in [9.17, 15) is 9.59 Å². The Morgan fingerprint density at radius 2 is 1.96 bits per heavy atom. The molecule has 0 spiro atoms. The van der Waals surface area contributed by atoms with E-state index < -0.39 is 0 Å². The Hall–Kier alpha value is -3.03. The Morgan fingerprint density at radius 3 is 2.56 bits per heavy atom. The summed E-state index contributed by atoms with van der Waals surface area (Å²) in [7, 11) is 2.94. The van der Waals surface area contributed by atoms with Crippen molar-refractivity contribution in [2.24, 2.45) is 5.92 Å². The van der Waals surface area contributed by atoms with Crippen LogP contribution in [0.15, 0.2) is 24.7 Å². The number of carbonyl (C=O) groups excluding carboxylic acids is 2. The number of hydrogen-bond acceptors (Lipinski definition) is 5. The number of hydrogen-bond donors (Lipinski definition) is 2. The highest BCUT2D eigenvalue weighted by Crippen LogP contribution is 2.36. The van der Waals surface area contributed by atoms with Gasteiger partial charge in [0.05, 0.1) is 38.5 Å². The van der Waals surface area contributed by atoms with Crippen LogP contribution < -0.4 is 20.1 Å². The Labute approximate surface area is 158 Å². The summed E-state index contributed by atoms with van der Waals surface area (Å²) in [5.41, 5.74) is 1.64. The first-order valence-electron chi connectivity index (χ1n) is 8.66. The zero-order chi connectivity index (χ0) is 20.0. The molecule has 8 nitrogen and oxygen atoms in total. The summed E-state index contributed by atoms with van der Waals surface area (Å²) in [5.74, 6) is 0.628. The molecule has 2 aromatic rings. The fourth-order valence-electron chi connectivity index (χ4n) is 2.70. The second-order valence-electron chi connectivity index (χ2n) is 6.55. The van der Waals surface area contributed by atoms with E-state index in [0.717, 1.165) is 12.2 Å². The molecule has 0 atom stereocenters. The monoisotopic (exact) mass is 374 g/mol. The first-order chi connectivity index (χ1) is 12.8. The molecule has 2 rings (SSSR count). The minimum atomic E-state index is -0.292. The molecule has 0 unspecified atom stereocenters.